The fourth-order valence-corrected chi connectivity index (χ4v) is 3.73. The van der Waals surface area contributed by atoms with Crippen molar-refractivity contribution in [3.8, 4) is 11.4 Å². The topological polar surface area (TPSA) is 67.9 Å². The number of benzene rings is 1. The summed E-state index contributed by atoms with van der Waals surface area (Å²) in [6.45, 7) is 2.81. The Morgan fingerprint density at radius 2 is 2.00 bits per heavy atom. The number of rotatable bonds is 4. The second-order valence-corrected chi connectivity index (χ2v) is 6.91. The minimum absolute atomic E-state index is 0.269. The van der Waals surface area contributed by atoms with Gasteiger partial charge in [-0.05, 0) is 36.7 Å². The van der Waals surface area contributed by atoms with Gasteiger partial charge in [0.25, 0.3) is 0 Å². The summed E-state index contributed by atoms with van der Waals surface area (Å²) in [5.74, 6) is 1.59. The third-order valence-corrected chi connectivity index (χ3v) is 5.09. The van der Waals surface area contributed by atoms with Crippen LogP contribution in [0.1, 0.15) is 23.8 Å². The normalized spacial score (nSPS) is 17.6. The molecule has 6 nitrogen and oxygen atoms in total. The van der Waals surface area contributed by atoms with Crippen LogP contribution in [0, 0.1) is 0 Å². The maximum atomic E-state index is 5.54. The molecule has 1 aliphatic heterocycles. The van der Waals surface area contributed by atoms with Crippen LogP contribution in [-0.4, -0.2) is 38.1 Å². The molecule has 0 saturated carbocycles. The number of hydrogen-bond acceptors (Lipinski definition) is 6. The van der Waals surface area contributed by atoms with Crippen LogP contribution in [0.15, 0.2) is 65.6 Å². The highest BCUT2D eigenvalue weighted by atomic mass is 16.5. The standard InChI is InChI=1S/C21H19N5O/c1-4-15-6-3-10-23-19(15)17(5-1)13-26-11-8-18(14-26)21-24-20(25-27-21)16-7-2-9-22-12-16/h1-7,9-10,12,18H,8,11,13-14H2/t18-/m0/s1. The highest BCUT2D eigenvalue weighted by molar-refractivity contribution is 5.81. The van der Waals surface area contributed by atoms with Gasteiger partial charge < -0.3 is 4.52 Å². The first-order chi connectivity index (χ1) is 13.4. The summed E-state index contributed by atoms with van der Waals surface area (Å²) in [4.78, 5) is 15.7. The molecule has 5 rings (SSSR count). The monoisotopic (exact) mass is 357 g/mol. The van der Waals surface area contributed by atoms with Crippen LogP contribution >= 0.6 is 0 Å². The van der Waals surface area contributed by atoms with E-state index in [1.807, 2.05) is 24.4 Å². The van der Waals surface area contributed by atoms with Crippen molar-refractivity contribution in [1.29, 1.82) is 0 Å². The van der Waals surface area contributed by atoms with Gasteiger partial charge in [-0.1, -0.05) is 29.4 Å². The van der Waals surface area contributed by atoms with Gasteiger partial charge in [0, 0.05) is 42.6 Å². The summed E-state index contributed by atoms with van der Waals surface area (Å²) in [5.41, 5.74) is 3.22. The van der Waals surface area contributed by atoms with Crippen molar-refractivity contribution in [1.82, 2.24) is 25.0 Å². The van der Waals surface area contributed by atoms with Gasteiger partial charge in [-0.2, -0.15) is 4.98 Å². The van der Waals surface area contributed by atoms with Crippen LogP contribution in [0.5, 0.6) is 0 Å². The quantitative estimate of drug-likeness (QED) is 0.555. The Labute approximate surface area is 156 Å². The second-order valence-electron chi connectivity index (χ2n) is 6.91. The number of aromatic nitrogens is 4. The number of nitrogens with zero attached hydrogens (tertiary/aromatic N) is 5. The summed E-state index contributed by atoms with van der Waals surface area (Å²) in [7, 11) is 0. The van der Waals surface area contributed by atoms with E-state index in [0.29, 0.717) is 11.7 Å². The Hall–Kier alpha value is -3.12. The Balaban J connectivity index is 1.31. The van der Waals surface area contributed by atoms with Crippen LogP contribution in [0.25, 0.3) is 22.3 Å². The van der Waals surface area contributed by atoms with Gasteiger partial charge >= 0.3 is 0 Å². The zero-order valence-corrected chi connectivity index (χ0v) is 14.8. The molecule has 6 heteroatoms. The van der Waals surface area contributed by atoms with Crippen LogP contribution in [0.3, 0.4) is 0 Å². The fourth-order valence-electron chi connectivity index (χ4n) is 3.73. The molecule has 0 bridgehead atoms. The van der Waals surface area contributed by atoms with Gasteiger partial charge in [-0.25, -0.2) is 0 Å². The molecule has 134 valence electrons. The van der Waals surface area contributed by atoms with Crippen LogP contribution in [0.4, 0.5) is 0 Å². The maximum absolute atomic E-state index is 5.54. The predicted octanol–water partition coefficient (Wildman–Crippen LogP) is 3.67. The molecule has 0 N–H and O–H groups in total. The molecule has 0 radical (unpaired) electrons. The molecular weight excluding hydrogens is 338 g/mol. The Bertz CT molecular complexity index is 1060. The van der Waals surface area contributed by atoms with Gasteiger partial charge in [0.1, 0.15) is 0 Å². The van der Waals surface area contributed by atoms with E-state index in [-0.39, 0.29) is 5.92 Å². The SMILES string of the molecule is c1cncc(-c2noc([C@H]3CCN(Cc4cccc5cccnc45)C3)n2)c1. The first-order valence-corrected chi connectivity index (χ1v) is 9.16. The number of hydrogen-bond donors (Lipinski definition) is 0. The lowest BCUT2D eigenvalue weighted by molar-refractivity contribution is 0.310. The maximum Gasteiger partial charge on any atom is 0.231 e. The molecule has 3 aromatic heterocycles. The predicted molar refractivity (Wildman–Crippen MR) is 102 cm³/mol. The van der Waals surface area contributed by atoms with Gasteiger partial charge in [-0.3, -0.25) is 14.9 Å². The fraction of sp³-hybridized carbons (Fsp3) is 0.238. The largest absolute Gasteiger partial charge is 0.339 e. The lowest BCUT2D eigenvalue weighted by Crippen LogP contribution is -2.20. The molecular formula is C21H19N5O. The third kappa shape index (κ3) is 3.19. The Kier molecular flexibility index (Phi) is 4.10. The van der Waals surface area contributed by atoms with E-state index in [0.717, 1.165) is 37.1 Å². The van der Waals surface area contributed by atoms with Gasteiger partial charge in [0.2, 0.25) is 11.7 Å². The number of likely N-dealkylation sites (tertiary alicyclic amines) is 1. The number of pyridine rings is 2. The van der Waals surface area contributed by atoms with E-state index in [9.17, 15) is 0 Å². The summed E-state index contributed by atoms with van der Waals surface area (Å²) in [5, 5.41) is 5.31. The van der Waals surface area contributed by atoms with Gasteiger partial charge in [0.15, 0.2) is 0 Å². The van der Waals surface area contributed by atoms with Crippen molar-refractivity contribution < 1.29 is 4.52 Å². The summed E-state index contributed by atoms with van der Waals surface area (Å²) < 4.78 is 5.54. The zero-order valence-electron chi connectivity index (χ0n) is 14.8. The number of fused-ring (bicyclic) bond motifs is 1. The van der Waals surface area contributed by atoms with Crippen molar-refractivity contribution in [2.45, 2.75) is 18.9 Å². The minimum atomic E-state index is 0.269. The molecule has 1 fully saturated rings. The van der Waals surface area contributed by atoms with Crippen molar-refractivity contribution >= 4 is 10.9 Å². The van der Waals surface area contributed by atoms with E-state index in [2.05, 4.69) is 49.3 Å². The van der Waals surface area contributed by atoms with Gasteiger partial charge in [0.05, 0.1) is 11.4 Å². The molecule has 0 aliphatic carbocycles. The molecule has 0 amide bonds. The van der Waals surface area contributed by atoms with E-state index >= 15 is 0 Å². The first-order valence-electron chi connectivity index (χ1n) is 9.16. The molecule has 1 atom stereocenters. The minimum Gasteiger partial charge on any atom is -0.339 e. The average Bonchev–Trinajstić information content (AvgIpc) is 3.39. The first kappa shape index (κ1) is 16.1. The molecule has 1 aromatic carbocycles. The van der Waals surface area contributed by atoms with E-state index in [1.54, 1.807) is 12.4 Å². The summed E-state index contributed by atoms with van der Waals surface area (Å²) in [6.07, 6.45) is 6.37. The molecule has 27 heavy (non-hydrogen) atoms. The zero-order chi connectivity index (χ0) is 18.1. The lowest BCUT2D eigenvalue weighted by atomic mass is 10.1. The van der Waals surface area contributed by atoms with Crippen LogP contribution < -0.4 is 0 Å². The smallest absolute Gasteiger partial charge is 0.231 e. The average molecular weight is 357 g/mol. The number of para-hydroxylation sites is 1. The summed E-state index contributed by atoms with van der Waals surface area (Å²) in [6, 6.07) is 14.3. The Morgan fingerprint density at radius 1 is 1.07 bits per heavy atom. The van der Waals surface area contributed by atoms with Gasteiger partial charge in [-0.15, -0.1) is 0 Å². The second kappa shape index (κ2) is 6.89. The van der Waals surface area contributed by atoms with E-state index in [1.165, 1.54) is 10.9 Å². The molecule has 4 heterocycles. The molecule has 0 unspecified atom stereocenters. The van der Waals surface area contributed by atoms with E-state index < -0.39 is 0 Å². The lowest BCUT2D eigenvalue weighted by Gasteiger charge is -2.16. The Morgan fingerprint density at radius 3 is 2.93 bits per heavy atom. The van der Waals surface area contributed by atoms with Crippen molar-refractivity contribution in [3.63, 3.8) is 0 Å². The van der Waals surface area contributed by atoms with Crippen LogP contribution in [0.2, 0.25) is 0 Å². The van der Waals surface area contributed by atoms with Crippen LogP contribution in [-0.2, 0) is 6.54 Å². The molecule has 1 aliphatic rings. The highest BCUT2D eigenvalue weighted by Gasteiger charge is 2.28. The summed E-state index contributed by atoms with van der Waals surface area (Å²) >= 11 is 0. The van der Waals surface area contributed by atoms with Crippen molar-refractivity contribution in [3.05, 3.63) is 72.5 Å². The van der Waals surface area contributed by atoms with Crippen molar-refractivity contribution in [2.24, 2.45) is 0 Å². The molecule has 0 spiro atoms. The highest BCUT2D eigenvalue weighted by Crippen LogP contribution is 2.29. The third-order valence-electron chi connectivity index (χ3n) is 5.09. The van der Waals surface area contributed by atoms with E-state index in [4.69, 9.17) is 4.52 Å². The molecule has 1 saturated heterocycles. The molecule has 4 aromatic rings. The van der Waals surface area contributed by atoms with Crippen molar-refractivity contribution in [2.75, 3.05) is 13.1 Å².